The molecule has 0 saturated carbocycles. The van der Waals surface area contributed by atoms with E-state index in [0.29, 0.717) is 17.5 Å². The molecule has 0 aliphatic carbocycles. The highest BCUT2D eigenvalue weighted by Gasteiger charge is 2.15. The summed E-state index contributed by atoms with van der Waals surface area (Å²) in [5.74, 6) is -1.96. The van der Waals surface area contributed by atoms with Gasteiger partial charge < -0.3 is 5.32 Å². The van der Waals surface area contributed by atoms with Crippen molar-refractivity contribution in [2.75, 3.05) is 7.05 Å². The smallest absolute Gasteiger partial charge is 0.162 e. The minimum Gasteiger partial charge on any atom is -0.313 e. The Balaban J connectivity index is 2.28. The first-order valence-electron chi connectivity index (χ1n) is 6.39. The molecule has 20 heavy (non-hydrogen) atoms. The molecule has 0 aliphatic rings. The quantitative estimate of drug-likeness (QED) is 0.894. The molecule has 0 amide bonds. The van der Waals surface area contributed by atoms with Crippen molar-refractivity contribution in [2.45, 2.75) is 19.4 Å². The van der Waals surface area contributed by atoms with E-state index in [-0.39, 0.29) is 11.9 Å². The van der Waals surface area contributed by atoms with Gasteiger partial charge in [0, 0.05) is 6.04 Å². The first kappa shape index (κ1) is 14.6. The van der Waals surface area contributed by atoms with E-state index in [1.54, 1.807) is 32.2 Å². The molecule has 0 radical (unpaired) electrons. The Morgan fingerprint density at radius 2 is 1.80 bits per heavy atom. The van der Waals surface area contributed by atoms with Gasteiger partial charge in [-0.25, -0.2) is 13.2 Å². The molecule has 0 aliphatic heterocycles. The van der Waals surface area contributed by atoms with Gasteiger partial charge in [-0.05, 0) is 49.2 Å². The van der Waals surface area contributed by atoms with E-state index >= 15 is 0 Å². The second kappa shape index (κ2) is 6.09. The molecule has 0 spiro atoms. The highest BCUT2D eigenvalue weighted by atomic mass is 19.2. The fraction of sp³-hybridized carbons (Fsp3) is 0.250. The van der Waals surface area contributed by atoms with E-state index in [2.05, 4.69) is 5.32 Å². The van der Waals surface area contributed by atoms with Crippen LogP contribution < -0.4 is 5.32 Å². The Morgan fingerprint density at radius 1 is 1.05 bits per heavy atom. The Morgan fingerprint density at radius 3 is 2.45 bits per heavy atom. The maximum atomic E-state index is 13.7. The van der Waals surface area contributed by atoms with E-state index in [1.165, 1.54) is 12.1 Å². The van der Waals surface area contributed by atoms with Crippen LogP contribution in [0.5, 0.6) is 0 Å². The summed E-state index contributed by atoms with van der Waals surface area (Å²) in [4.78, 5) is 0. The Kier molecular flexibility index (Phi) is 4.45. The van der Waals surface area contributed by atoms with Gasteiger partial charge in [-0.15, -0.1) is 0 Å². The molecule has 106 valence electrons. The van der Waals surface area contributed by atoms with Crippen molar-refractivity contribution in [3.8, 4) is 0 Å². The summed E-state index contributed by atoms with van der Waals surface area (Å²) in [6.07, 6.45) is 0.297. The molecule has 2 rings (SSSR count). The summed E-state index contributed by atoms with van der Waals surface area (Å²) in [5.41, 5.74) is 1.67. The standard InChI is InChI=1S/C16H16F3N/c1-10-8-11(6-7-13(10)17)15(20-2)9-12-4-3-5-14(18)16(12)19/h3-8,15,20H,9H2,1-2H3. The van der Waals surface area contributed by atoms with Gasteiger partial charge in [0.05, 0.1) is 0 Å². The number of rotatable bonds is 4. The zero-order valence-corrected chi connectivity index (χ0v) is 11.4. The molecule has 2 aromatic rings. The SMILES string of the molecule is CNC(Cc1cccc(F)c1F)c1ccc(F)c(C)c1. The van der Waals surface area contributed by atoms with E-state index in [4.69, 9.17) is 0 Å². The molecule has 2 aromatic carbocycles. The number of hydrogen-bond acceptors (Lipinski definition) is 1. The lowest BCUT2D eigenvalue weighted by Gasteiger charge is -2.18. The minimum absolute atomic E-state index is 0.203. The predicted molar refractivity (Wildman–Crippen MR) is 73.0 cm³/mol. The van der Waals surface area contributed by atoms with Crippen LogP contribution in [0.25, 0.3) is 0 Å². The van der Waals surface area contributed by atoms with Crippen LogP contribution in [0.4, 0.5) is 13.2 Å². The predicted octanol–water partition coefficient (Wildman–Crippen LogP) is 3.92. The molecular weight excluding hydrogens is 263 g/mol. The van der Waals surface area contributed by atoms with Gasteiger partial charge in [-0.2, -0.15) is 0 Å². The van der Waals surface area contributed by atoms with Crippen LogP contribution in [0.2, 0.25) is 0 Å². The van der Waals surface area contributed by atoms with Crippen LogP contribution in [-0.2, 0) is 6.42 Å². The van der Waals surface area contributed by atoms with Crippen molar-refractivity contribution in [1.82, 2.24) is 5.32 Å². The van der Waals surface area contributed by atoms with Gasteiger partial charge in [0.25, 0.3) is 0 Å². The first-order chi connectivity index (χ1) is 9.52. The minimum atomic E-state index is -0.854. The van der Waals surface area contributed by atoms with E-state index in [9.17, 15) is 13.2 Å². The third-order valence-corrected chi connectivity index (χ3v) is 3.39. The van der Waals surface area contributed by atoms with Crippen molar-refractivity contribution in [2.24, 2.45) is 0 Å². The average Bonchev–Trinajstić information content (AvgIpc) is 2.44. The number of likely N-dealkylation sites (N-methyl/N-ethyl adjacent to an activating group) is 1. The highest BCUT2D eigenvalue weighted by molar-refractivity contribution is 5.29. The fourth-order valence-corrected chi connectivity index (χ4v) is 2.20. The Labute approximate surface area is 116 Å². The molecule has 0 heterocycles. The Bertz CT molecular complexity index is 611. The molecule has 1 nitrogen and oxygen atoms in total. The van der Waals surface area contributed by atoms with Crippen molar-refractivity contribution < 1.29 is 13.2 Å². The van der Waals surface area contributed by atoms with Gasteiger partial charge in [-0.1, -0.05) is 24.3 Å². The first-order valence-corrected chi connectivity index (χ1v) is 6.39. The van der Waals surface area contributed by atoms with Crippen LogP contribution in [0.3, 0.4) is 0 Å². The van der Waals surface area contributed by atoms with Crippen molar-refractivity contribution in [1.29, 1.82) is 0 Å². The molecule has 0 saturated heterocycles. The van der Waals surface area contributed by atoms with Crippen LogP contribution >= 0.6 is 0 Å². The summed E-state index contributed by atoms with van der Waals surface area (Å²) in [6.45, 7) is 1.67. The highest BCUT2D eigenvalue weighted by Crippen LogP contribution is 2.22. The lowest BCUT2D eigenvalue weighted by molar-refractivity contribution is 0.486. The molecule has 0 fully saturated rings. The van der Waals surface area contributed by atoms with Crippen LogP contribution in [0.15, 0.2) is 36.4 Å². The molecular formula is C16H16F3N. The van der Waals surface area contributed by atoms with Crippen LogP contribution in [0.1, 0.15) is 22.7 Å². The summed E-state index contributed by atoms with van der Waals surface area (Å²) < 4.78 is 40.2. The fourth-order valence-electron chi connectivity index (χ4n) is 2.20. The van der Waals surface area contributed by atoms with E-state index in [0.717, 1.165) is 11.6 Å². The Hall–Kier alpha value is -1.81. The third-order valence-electron chi connectivity index (χ3n) is 3.39. The maximum Gasteiger partial charge on any atom is 0.162 e. The average molecular weight is 279 g/mol. The lowest BCUT2D eigenvalue weighted by Crippen LogP contribution is -2.19. The largest absolute Gasteiger partial charge is 0.313 e. The van der Waals surface area contributed by atoms with Crippen molar-refractivity contribution in [3.05, 3.63) is 70.5 Å². The number of halogens is 3. The van der Waals surface area contributed by atoms with Gasteiger partial charge in [0.15, 0.2) is 11.6 Å². The van der Waals surface area contributed by atoms with Gasteiger partial charge in [0.2, 0.25) is 0 Å². The molecule has 1 unspecified atom stereocenters. The van der Waals surface area contributed by atoms with Crippen LogP contribution in [0, 0.1) is 24.4 Å². The van der Waals surface area contributed by atoms with Crippen LogP contribution in [-0.4, -0.2) is 7.05 Å². The third kappa shape index (κ3) is 3.02. The maximum absolute atomic E-state index is 13.7. The second-order valence-corrected chi connectivity index (χ2v) is 4.77. The van der Waals surface area contributed by atoms with Gasteiger partial charge in [0.1, 0.15) is 5.82 Å². The summed E-state index contributed by atoms with van der Waals surface area (Å²) in [6, 6.07) is 8.68. The second-order valence-electron chi connectivity index (χ2n) is 4.77. The summed E-state index contributed by atoms with van der Waals surface area (Å²) in [5, 5.41) is 3.05. The number of aryl methyl sites for hydroxylation is 1. The van der Waals surface area contributed by atoms with Crippen molar-refractivity contribution in [3.63, 3.8) is 0 Å². The van der Waals surface area contributed by atoms with Gasteiger partial charge in [-0.3, -0.25) is 0 Å². The molecule has 4 heteroatoms. The van der Waals surface area contributed by atoms with Gasteiger partial charge >= 0.3 is 0 Å². The molecule has 1 atom stereocenters. The number of hydrogen-bond donors (Lipinski definition) is 1. The number of nitrogens with one attached hydrogen (secondary N) is 1. The lowest BCUT2D eigenvalue weighted by atomic mass is 9.97. The molecule has 0 aromatic heterocycles. The van der Waals surface area contributed by atoms with E-state index in [1.807, 2.05) is 0 Å². The summed E-state index contributed by atoms with van der Waals surface area (Å²) in [7, 11) is 1.74. The summed E-state index contributed by atoms with van der Waals surface area (Å²) >= 11 is 0. The molecule has 1 N–H and O–H groups in total. The van der Waals surface area contributed by atoms with Crippen molar-refractivity contribution >= 4 is 0 Å². The van der Waals surface area contributed by atoms with E-state index < -0.39 is 11.6 Å². The zero-order valence-electron chi connectivity index (χ0n) is 11.4. The normalized spacial score (nSPS) is 12.4. The molecule has 0 bridgehead atoms. The monoisotopic (exact) mass is 279 g/mol. The number of benzene rings is 2. The zero-order chi connectivity index (χ0) is 14.7. The topological polar surface area (TPSA) is 12.0 Å².